The van der Waals surface area contributed by atoms with E-state index in [1.165, 1.54) is 6.33 Å². The van der Waals surface area contributed by atoms with Crippen LogP contribution in [0.15, 0.2) is 48.8 Å². The number of aliphatic hydroxyl groups is 1. The van der Waals surface area contributed by atoms with Gasteiger partial charge in [0.1, 0.15) is 35.6 Å². The zero-order valence-electron chi connectivity index (χ0n) is 23.1. The van der Waals surface area contributed by atoms with Crippen LogP contribution < -0.4 is 15.0 Å². The van der Waals surface area contributed by atoms with Gasteiger partial charge in [0.05, 0.1) is 31.1 Å². The van der Waals surface area contributed by atoms with Crippen molar-refractivity contribution in [1.82, 2.24) is 25.3 Å². The molecule has 5 rings (SSSR count). The van der Waals surface area contributed by atoms with Crippen LogP contribution in [-0.2, 0) is 4.74 Å². The average Bonchev–Trinajstić information content (AvgIpc) is 3.41. The minimum absolute atomic E-state index is 0.0265. The largest absolute Gasteiger partial charge is 0.487 e. The first-order valence-electron chi connectivity index (χ1n) is 13.6. The minimum Gasteiger partial charge on any atom is -0.487 e. The third-order valence-corrected chi connectivity index (χ3v) is 6.80. The molecule has 3 heterocycles. The molecule has 208 valence electrons. The Labute approximate surface area is 234 Å². The Morgan fingerprint density at radius 2 is 1.88 bits per heavy atom. The lowest BCUT2D eigenvalue weighted by Crippen LogP contribution is -2.38. The number of nitrogens with zero attached hydrogens (tertiary/aromatic N) is 5. The first-order valence-corrected chi connectivity index (χ1v) is 13.6. The van der Waals surface area contributed by atoms with Crippen LogP contribution in [0.5, 0.6) is 5.75 Å². The number of ether oxygens (including phenoxy) is 2. The van der Waals surface area contributed by atoms with Gasteiger partial charge in [-0.1, -0.05) is 0 Å². The van der Waals surface area contributed by atoms with E-state index >= 15 is 0 Å². The predicted octanol–water partition coefficient (Wildman–Crippen LogP) is 3.91. The van der Waals surface area contributed by atoms with E-state index in [9.17, 15) is 10.4 Å². The number of hydrogen-bond acceptors (Lipinski definition) is 9. The quantitative estimate of drug-likeness (QED) is 0.288. The summed E-state index contributed by atoms with van der Waals surface area (Å²) in [6.07, 6.45) is 1.66. The molecule has 0 amide bonds. The Hall–Kier alpha value is -4.04. The molecule has 0 aliphatic carbocycles. The normalized spacial score (nSPS) is 14.7. The maximum atomic E-state index is 9.87. The van der Waals surface area contributed by atoms with Crippen molar-refractivity contribution in [2.75, 3.05) is 44.4 Å². The summed E-state index contributed by atoms with van der Waals surface area (Å²) in [6, 6.07) is 15.9. The Morgan fingerprint density at radius 1 is 1.12 bits per heavy atom. The van der Waals surface area contributed by atoms with Crippen molar-refractivity contribution < 1.29 is 14.6 Å². The van der Waals surface area contributed by atoms with E-state index in [-0.39, 0.29) is 12.1 Å². The lowest BCUT2D eigenvalue weighted by Gasteiger charge is -2.28. The smallest absolute Gasteiger partial charge is 0.181 e. The summed E-state index contributed by atoms with van der Waals surface area (Å²) in [7, 11) is 0. The van der Waals surface area contributed by atoms with E-state index < -0.39 is 6.10 Å². The number of aromatic nitrogens is 4. The number of anilines is 1. The van der Waals surface area contributed by atoms with Crippen molar-refractivity contribution in [2.24, 2.45) is 0 Å². The summed E-state index contributed by atoms with van der Waals surface area (Å²) >= 11 is 0. The lowest BCUT2D eigenvalue weighted by atomic mass is 10.1. The summed E-state index contributed by atoms with van der Waals surface area (Å²) in [4.78, 5) is 19.3. The molecule has 10 heteroatoms. The third kappa shape index (κ3) is 6.39. The van der Waals surface area contributed by atoms with E-state index in [0.29, 0.717) is 47.0 Å². The molecule has 40 heavy (non-hydrogen) atoms. The zero-order valence-corrected chi connectivity index (χ0v) is 23.1. The van der Waals surface area contributed by atoms with Gasteiger partial charge in [0.2, 0.25) is 0 Å². The van der Waals surface area contributed by atoms with Crippen molar-refractivity contribution >= 4 is 16.9 Å². The van der Waals surface area contributed by atoms with Gasteiger partial charge in [0, 0.05) is 35.4 Å². The summed E-state index contributed by atoms with van der Waals surface area (Å²) < 4.78 is 11.5. The van der Waals surface area contributed by atoms with Gasteiger partial charge in [-0.25, -0.2) is 15.0 Å². The van der Waals surface area contributed by atoms with E-state index in [0.717, 1.165) is 43.1 Å². The van der Waals surface area contributed by atoms with Crippen LogP contribution in [-0.4, -0.2) is 76.1 Å². The SMILES string of the molecule is CC(C)(C)NCC[C@H](CO)Oc1ccc(-c2ncnc3nc(-c4ccc(N5CCOCC5)cc4)[nH]c23)cc1C#N. The number of benzene rings is 2. The molecule has 4 aromatic rings. The molecule has 0 radical (unpaired) electrons. The minimum atomic E-state index is -0.427. The standard InChI is InChI=1S/C30H35N7O3/c1-30(2,3)34-11-10-24(18-38)40-25-9-6-21(16-22(25)17-31)26-27-29(33-19-32-26)36-28(35-27)20-4-7-23(8-5-20)37-12-14-39-15-13-37/h4-9,16,19,24,34,38H,10-15,18H2,1-3H3,(H,32,33,35,36)/t24-/m1/s1. The van der Waals surface area contributed by atoms with E-state index in [2.05, 4.69) is 64.1 Å². The molecule has 0 unspecified atom stereocenters. The fraction of sp³-hybridized carbons (Fsp3) is 0.400. The molecular weight excluding hydrogens is 506 g/mol. The molecule has 0 bridgehead atoms. The number of aromatic amines is 1. The number of aliphatic hydroxyl groups excluding tert-OH is 1. The first kappa shape index (κ1) is 27.5. The fourth-order valence-corrected chi connectivity index (χ4v) is 4.68. The molecule has 0 saturated carbocycles. The number of nitrogens with one attached hydrogen (secondary N) is 2. The predicted molar refractivity (Wildman–Crippen MR) is 154 cm³/mol. The van der Waals surface area contributed by atoms with Crippen LogP contribution in [0, 0.1) is 11.3 Å². The molecule has 10 nitrogen and oxygen atoms in total. The molecule has 1 atom stereocenters. The maximum Gasteiger partial charge on any atom is 0.181 e. The highest BCUT2D eigenvalue weighted by Crippen LogP contribution is 2.31. The van der Waals surface area contributed by atoms with Crippen molar-refractivity contribution in [2.45, 2.75) is 38.8 Å². The van der Waals surface area contributed by atoms with Crippen LogP contribution in [0.25, 0.3) is 33.8 Å². The Kier molecular flexibility index (Phi) is 8.26. The van der Waals surface area contributed by atoms with Gasteiger partial charge in [-0.15, -0.1) is 0 Å². The summed E-state index contributed by atoms with van der Waals surface area (Å²) in [5, 5.41) is 23.1. The molecule has 1 saturated heterocycles. The van der Waals surface area contributed by atoms with Crippen molar-refractivity contribution in [3.05, 3.63) is 54.4 Å². The monoisotopic (exact) mass is 541 g/mol. The molecule has 1 fully saturated rings. The molecule has 2 aromatic heterocycles. The van der Waals surface area contributed by atoms with E-state index in [1.54, 1.807) is 12.1 Å². The number of imidazole rings is 1. The van der Waals surface area contributed by atoms with Gasteiger partial charge >= 0.3 is 0 Å². The van der Waals surface area contributed by atoms with Crippen LogP contribution >= 0.6 is 0 Å². The van der Waals surface area contributed by atoms with E-state index in [1.807, 2.05) is 18.2 Å². The highest BCUT2D eigenvalue weighted by molar-refractivity contribution is 5.89. The third-order valence-electron chi connectivity index (χ3n) is 6.80. The Balaban J connectivity index is 1.37. The number of morpholine rings is 1. The van der Waals surface area contributed by atoms with Crippen molar-refractivity contribution in [1.29, 1.82) is 5.26 Å². The van der Waals surface area contributed by atoms with Gasteiger partial charge in [0.25, 0.3) is 0 Å². The molecule has 1 aliphatic heterocycles. The average molecular weight is 542 g/mol. The van der Waals surface area contributed by atoms with Crippen LogP contribution in [0.3, 0.4) is 0 Å². The first-order chi connectivity index (χ1) is 19.3. The summed E-state index contributed by atoms with van der Waals surface area (Å²) in [5.41, 5.74) is 5.05. The lowest BCUT2D eigenvalue weighted by molar-refractivity contribution is 0.106. The Bertz CT molecular complexity index is 1480. The number of fused-ring (bicyclic) bond motifs is 1. The summed E-state index contributed by atoms with van der Waals surface area (Å²) in [6.45, 7) is 10.0. The molecule has 0 spiro atoms. The van der Waals surface area contributed by atoms with Crippen LogP contribution in [0.1, 0.15) is 32.8 Å². The number of rotatable bonds is 9. The molecule has 2 aromatic carbocycles. The van der Waals surface area contributed by atoms with Gasteiger partial charge in [-0.2, -0.15) is 5.26 Å². The van der Waals surface area contributed by atoms with Gasteiger partial charge < -0.3 is 29.8 Å². The molecule has 1 aliphatic rings. The molecular formula is C30H35N7O3. The highest BCUT2D eigenvalue weighted by atomic mass is 16.5. The second-order valence-electron chi connectivity index (χ2n) is 10.9. The molecule has 3 N–H and O–H groups in total. The number of hydrogen-bond donors (Lipinski definition) is 3. The second-order valence-corrected chi connectivity index (χ2v) is 10.9. The van der Waals surface area contributed by atoms with Crippen LogP contribution in [0.2, 0.25) is 0 Å². The highest BCUT2D eigenvalue weighted by Gasteiger charge is 2.18. The fourth-order valence-electron chi connectivity index (χ4n) is 4.68. The van der Waals surface area contributed by atoms with Gasteiger partial charge in [-0.3, -0.25) is 0 Å². The maximum absolute atomic E-state index is 9.87. The number of nitriles is 1. The Morgan fingerprint density at radius 3 is 2.58 bits per heavy atom. The second kappa shape index (κ2) is 12.0. The van der Waals surface area contributed by atoms with Crippen molar-refractivity contribution in [3.8, 4) is 34.5 Å². The number of H-pyrrole nitrogens is 1. The summed E-state index contributed by atoms with van der Waals surface area (Å²) in [5.74, 6) is 1.12. The van der Waals surface area contributed by atoms with Gasteiger partial charge in [0.15, 0.2) is 5.65 Å². The van der Waals surface area contributed by atoms with Crippen molar-refractivity contribution in [3.63, 3.8) is 0 Å². The van der Waals surface area contributed by atoms with E-state index in [4.69, 9.17) is 14.5 Å². The van der Waals surface area contributed by atoms with Crippen LogP contribution in [0.4, 0.5) is 5.69 Å². The zero-order chi connectivity index (χ0) is 28.1. The van der Waals surface area contributed by atoms with Gasteiger partial charge in [-0.05, 0) is 76.2 Å². The topological polar surface area (TPSA) is 132 Å².